The van der Waals surface area contributed by atoms with Crippen LogP contribution in [0.1, 0.15) is 13.8 Å². The Morgan fingerprint density at radius 2 is 2.29 bits per heavy atom. The first-order chi connectivity index (χ1) is 7.92. The van der Waals surface area contributed by atoms with Crippen LogP contribution in [-0.4, -0.2) is 59.3 Å². The van der Waals surface area contributed by atoms with Crippen LogP contribution in [0.2, 0.25) is 0 Å². The number of carbonyl (C=O) groups excluding carboxylic acids is 1. The summed E-state index contributed by atoms with van der Waals surface area (Å²) in [4.78, 5) is 16.7. The van der Waals surface area contributed by atoms with Crippen molar-refractivity contribution in [3.05, 3.63) is 0 Å². The highest BCUT2D eigenvalue weighted by Crippen LogP contribution is 2.27. The van der Waals surface area contributed by atoms with Crippen molar-refractivity contribution in [3.63, 3.8) is 0 Å². The summed E-state index contributed by atoms with van der Waals surface area (Å²) in [6.45, 7) is 3.34. The highest BCUT2D eigenvalue weighted by Gasteiger charge is 2.59. The van der Waals surface area contributed by atoms with Crippen LogP contribution >= 0.6 is 0 Å². The van der Waals surface area contributed by atoms with E-state index in [1.165, 1.54) is 21.1 Å². The van der Waals surface area contributed by atoms with E-state index in [0.717, 1.165) is 5.01 Å². The molecule has 8 heteroatoms. The van der Waals surface area contributed by atoms with Gasteiger partial charge >= 0.3 is 0 Å². The molecule has 0 aromatic heterocycles. The first kappa shape index (κ1) is 13.6. The lowest BCUT2D eigenvalue weighted by molar-refractivity contribution is -0.344. The molecule has 0 saturated carbocycles. The Bertz CT molecular complexity index is 370. The van der Waals surface area contributed by atoms with Crippen molar-refractivity contribution < 1.29 is 19.6 Å². The zero-order valence-corrected chi connectivity index (χ0v) is 10.2. The van der Waals surface area contributed by atoms with Gasteiger partial charge in [0, 0.05) is 7.05 Å². The summed E-state index contributed by atoms with van der Waals surface area (Å²) in [5.41, 5.74) is -1.98. The summed E-state index contributed by atoms with van der Waals surface area (Å²) >= 11 is 0. The number of hydrogen-bond acceptors (Lipinski definition) is 7. The molecule has 0 radical (unpaired) electrons. The predicted molar refractivity (Wildman–Crippen MR) is 58.6 cm³/mol. The van der Waals surface area contributed by atoms with Crippen LogP contribution in [0.15, 0.2) is 5.10 Å². The molecule has 0 aromatic rings. The van der Waals surface area contributed by atoms with Gasteiger partial charge in [0.2, 0.25) is 5.90 Å². The Morgan fingerprint density at radius 3 is 2.71 bits per heavy atom. The molecule has 0 aliphatic carbocycles. The molecule has 2 N–H and O–H groups in total. The molecule has 1 amide bonds. The van der Waals surface area contributed by atoms with Crippen LogP contribution in [0.3, 0.4) is 0 Å². The minimum Gasteiger partial charge on any atom is -0.478 e. The Balaban J connectivity index is 3.31. The molecule has 96 valence electrons. The van der Waals surface area contributed by atoms with Crippen LogP contribution in [-0.2, 0) is 14.4 Å². The number of nitrogens with one attached hydrogen (secondary N) is 1. The van der Waals surface area contributed by atoms with Crippen LogP contribution in [0.4, 0.5) is 0 Å². The van der Waals surface area contributed by atoms with Crippen molar-refractivity contribution >= 4 is 17.5 Å². The van der Waals surface area contributed by atoms with Gasteiger partial charge in [-0.15, -0.1) is 5.10 Å². The summed E-state index contributed by atoms with van der Waals surface area (Å²) in [5.74, 6) is -0.692. The van der Waals surface area contributed by atoms with Gasteiger partial charge < -0.3 is 10.1 Å². The smallest absolute Gasteiger partial charge is 0.283 e. The Hall–Kier alpha value is -1.51. The SMILES string of the molecule is CCOC1=NN(C)C(=O)C1(C(C)=N)N(O)OC. The molecular weight excluding hydrogens is 228 g/mol. The highest BCUT2D eigenvalue weighted by molar-refractivity contribution is 6.30. The van der Waals surface area contributed by atoms with E-state index in [-0.39, 0.29) is 23.4 Å². The molecule has 17 heavy (non-hydrogen) atoms. The fraction of sp³-hybridized carbons (Fsp3) is 0.667. The van der Waals surface area contributed by atoms with Crippen LogP contribution in [0.5, 0.6) is 0 Å². The normalized spacial score (nSPS) is 24.2. The number of carbonyl (C=O) groups is 1. The number of hydrazone groups is 1. The number of nitrogens with zero attached hydrogens (tertiary/aromatic N) is 3. The molecular formula is C9H16N4O4. The predicted octanol–water partition coefficient (Wildman–Crippen LogP) is -0.161. The van der Waals surface area contributed by atoms with Gasteiger partial charge in [-0.3, -0.25) is 14.8 Å². The van der Waals surface area contributed by atoms with E-state index in [9.17, 15) is 10.0 Å². The minimum atomic E-state index is -1.83. The van der Waals surface area contributed by atoms with Gasteiger partial charge in [0.1, 0.15) is 0 Å². The second-order valence-corrected chi connectivity index (χ2v) is 3.46. The van der Waals surface area contributed by atoms with Crippen molar-refractivity contribution in [2.45, 2.75) is 19.4 Å². The maximum absolute atomic E-state index is 12.1. The zero-order chi connectivity index (χ0) is 13.2. The molecule has 1 aliphatic heterocycles. The standard InChI is InChI=1S/C9H16N4O4/c1-5-17-7-9(6(2)10,13(15)16-4)8(14)12(3)11-7/h10,15H,5H2,1-4H3. The van der Waals surface area contributed by atoms with E-state index in [1.807, 2.05) is 0 Å². The van der Waals surface area contributed by atoms with E-state index in [1.54, 1.807) is 6.92 Å². The number of hydrogen-bond donors (Lipinski definition) is 2. The van der Waals surface area contributed by atoms with Crippen LogP contribution < -0.4 is 0 Å². The summed E-state index contributed by atoms with van der Waals surface area (Å²) in [7, 11) is 2.59. The van der Waals surface area contributed by atoms with Gasteiger partial charge in [0.05, 0.1) is 19.4 Å². The number of amides is 1. The van der Waals surface area contributed by atoms with Crippen molar-refractivity contribution in [2.75, 3.05) is 20.8 Å². The molecule has 1 aliphatic rings. The van der Waals surface area contributed by atoms with E-state index in [2.05, 4.69) is 9.94 Å². The quantitative estimate of drug-likeness (QED) is 0.529. The lowest BCUT2D eigenvalue weighted by Crippen LogP contribution is -2.62. The third kappa shape index (κ3) is 1.79. The van der Waals surface area contributed by atoms with Crippen LogP contribution in [0.25, 0.3) is 0 Å². The van der Waals surface area contributed by atoms with Crippen molar-refractivity contribution in [1.29, 1.82) is 5.41 Å². The number of likely N-dealkylation sites (N-methyl/N-ethyl adjacent to an activating group) is 1. The molecule has 1 unspecified atom stereocenters. The summed E-state index contributed by atoms with van der Waals surface area (Å²) in [6.07, 6.45) is 0. The molecule has 0 fully saturated rings. The molecule has 0 spiro atoms. The van der Waals surface area contributed by atoms with Crippen molar-refractivity contribution in [1.82, 2.24) is 10.2 Å². The minimum absolute atomic E-state index is 0.0793. The first-order valence-electron chi connectivity index (χ1n) is 5.01. The molecule has 1 rings (SSSR count). The number of rotatable bonds is 4. The van der Waals surface area contributed by atoms with Gasteiger partial charge in [-0.25, -0.2) is 5.01 Å². The van der Waals surface area contributed by atoms with E-state index < -0.39 is 11.4 Å². The summed E-state index contributed by atoms with van der Waals surface area (Å²) in [6, 6.07) is 0. The third-order valence-corrected chi connectivity index (χ3v) is 2.44. The molecule has 1 atom stereocenters. The average molecular weight is 244 g/mol. The summed E-state index contributed by atoms with van der Waals surface area (Å²) in [5, 5.41) is 22.6. The molecule has 1 heterocycles. The fourth-order valence-corrected chi connectivity index (χ4v) is 1.61. The lowest BCUT2D eigenvalue weighted by Gasteiger charge is -2.31. The Morgan fingerprint density at radius 1 is 1.71 bits per heavy atom. The fourth-order valence-electron chi connectivity index (χ4n) is 1.61. The monoisotopic (exact) mass is 244 g/mol. The highest BCUT2D eigenvalue weighted by atomic mass is 16.9. The maximum atomic E-state index is 12.1. The van der Waals surface area contributed by atoms with Gasteiger partial charge in [-0.2, -0.15) is 0 Å². The van der Waals surface area contributed by atoms with Gasteiger partial charge in [0.25, 0.3) is 11.4 Å². The van der Waals surface area contributed by atoms with Crippen LogP contribution in [0, 0.1) is 5.41 Å². The van der Waals surface area contributed by atoms with Crippen molar-refractivity contribution in [3.8, 4) is 0 Å². The number of hydroxylamine groups is 2. The zero-order valence-electron chi connectivity index (χ0n) is 10.2. The Kier molecular flexibility index (Phi) is 3.81. The van der Waals surface area contributed by atoms with Gasteiger partial charge in [-0.05, 0) is 19.1 Å². The second kappa shape index (κ2) is 4.78. The first-order valence-corrected chi connectivity index (χ1v) is 5.01. The topological polar surface area (TPSA) is 98.5 Å². The molecule has 0 saturated heterocycles. The largest absolute Gasteiger partial charge is 0.478 e. The molecule has 8 nitrogen and oxygen atoms in total. The maximum Gasteiger partial charge on any atom is 0.283 e. The van der Waals surface area contributed by atoms with E-state index >= 15 is 0 Å². The third-order valence-electron chi connectivity index (χ3n) is 2.44. The number of ether oxygens (including phenoxy) is 1. The average Bonchev–Trinajstić information content (AvgIpc) is 2.52. The summed E-state index contributed by atoms with van der Waals surface area (Å²) < 4.78 is 5.21. The van der Waals surface area contributed by atoms with Gasteiger partial charge in [0.15, 0.2) is 0 Å². The van der Waals surface area contributed by atoms with E-state index in [4.69, 9.17) is 10.1 Å². The second-order valence-electron chi connectivity index (χ2n) is 3.46. The Labute approximate surface area is 98.8 Å². The van der Waals surface area contributed by atoms with Gasteiger partial charge in [-0.1, -0.05) is 0 Å². The van der Waals surface area contributed by atoms with Crippen molar-refractivity contribution in [2.24, 2.45) is 5.10 Å². The van der Waals surface area contributed by atoms with E-state index in [0.29, 0.717) is 0 Å². The lowest BCUT2D eigenvalue weighted by atomic mass is 9.94. The molecule has 0 aromatic carbocycles. The molecule has 0 bridgehead atoms.